The third-order valence-corrected chi connectivity index (χ3v) is 4.27. The van der Waals surface area contributed by atoms with Crippen LogP contribution in [-0.4, -0.2) is 17.7 Å². The smallest absolute Gasteiger partial charge is 0.264 e. The lowest BCUT2D eigenvalue weighted by atomic mass is 10.0. The first kappa shape index (κ1) is 18.7. The zero-order valence-corrected chi connectivity index (χ0v) is 16.1. The van der Waals surface area contributed by atoms with Crippen LogP contribution in [0, 0.1) is 13.8 Å². The van der Waals surface area contributed by atoms with Crippen molar-refractivity contribution < 1.29 is 14.1 Å². The van der Waals surface area contributed by atoms with Crippen molar-refractivity contribution in [3.8, 4) is 17.0 Å². The number of hydrogen-bond donors (Lipinski definition) is 1. The third kappa shape index (κ3) is 4.76. The van der Waals surface area contributed by atoms with Crippen LogP contribution in [0.5, 0.6) is 5.75 Å². The lowest BCUT2D eigenvalue weighted by molar-refractivity contribution is -0.118. The SMILES string of the molecule is Cc1ccc(-c2cc(NC(=O)COc3cc(C)ccc3C(C)C)on2)cc1. The van der Waals surface area contributed by atoms with Crippen LogP contribution in [0.1, 0.15) is 36.5 Å². The summed E-state index contributed by atoms with van der Waals surface area (Å²) in [5.41, 5.74) is 4.95. The number of nitrogens with zero attached hydrogens (tertiary/aromatic N) is 1. The Labute approximate surface area is 159 Å². The summed E-state index contributed by atoms with van der Waals surface area (Å²) in [6.07, 6.45) is 0. The highest BCUT2D eigenvalue weighted by Gasteiger charge is 2.13. The monoisotopic (exact) mass is 364 g/mol. The van der Waals surface area contributed by atoms with E-state index >= 15 is 0 Å². The average molecular weight is 364 g/mol. The Bertz CT molecular complexity index is 927. The van der Waals surface area contributed by atoms with Gasteiger partial charge in [0.15, 0.2) is 6.61 Å². The quantitative estimate of drug-likeness (QED) is 0.661. The normalized spacial score (nSPS) is 10.9. The van der Waals surface area contributed by atoms with Gasteiger partial charge in [-0.2, -0.15) is 0 Å². The van der Waals surface area contributed by atoms with Gasteiger partial charge in [-0.25, -0.2) is 0 Å². The highest BCUT2D eigenvalue weighted by atomic mass is 16.5. The van der Waals surface area contributed by atoms with Gasteiger partial charge in [0.1, 0.15) is 11.4 Å². The van der Waals surface area contributed by atoms with Gasteiger partial charge in [0, 0.05) is 11.6 Å². The molecule has 1 N–H and O–H groups in total. The van der Waals surface area contributed by atoms with E-state index in [1.165, 1.54) is 5.56 Å². The molecule has 0 bridgehead atoms. The van der Waals surface area contributed by atoms with Crippen molar-refractivity contribution in [1.82, 2.24) is 5.16 Å². The lowest BCUT2D eigenvalue weighted by Gasteiger charge is -2.14. The predicted molar refractivity (Wildman–Crippen MR) is 106 cm³/mol. The van der Waals surface area contributed by atoms with Crippen LogP contribution in [0.4, 0.5) is 5.88 Å². The summed E-state index contributed by atoms with van der Waals surface area (Å²) in [4.78, 5) is 12.2. The maximum absolute atomic E-state index is 12.2. The number of aryl methyl sites for hydroxylation is 2. The van der Waals surface area contributed by atoms with E-state index in [0.717, 1.165) is 22.4 Å². The molecule has 0 atom stereocenters. The summed E-state index contributed by atoms with van der Waals surface area (Å²) in [6.45, 7) is 8.12. The fourth-order valence-corrected chi connectivity index (χ4v) is 2.75. The fourth-order valence-electron chi connectivity index (χ4n) is 2.75. The number of carbonyl (C=O) groups excluding carboxylic acids is 1. The van der Waals surface area contributed by atoms with Crippen LogP contribution in [0.15, 0.2) is 53.1 Å². The third-order valence-electron chi connectivity index (χ3n) is 4.27. The van der Waals surface area contributed by atoms with Gasteiger partial charge in [-0.1, -0.05) is 61.0 Å². The number of carbonyl (C=O) groups is 1. The molecule has 0 unspecified atom stereocenters. The second kappa shape index (κ2) is 8.08. The Morgan fingerprint density at radius 3 is 2.48 bits per heavy atom. The standard InChI is InChI=1S/C22H24N2O3/c1-14(2)18-10-7-16(4)11-20(18)26-13-21(25)23-22-12-19(24-27-22)17-8-5-15(3)6-9-17/h5-12,14H,13H2,1-4H3,(H,23,25). The molecule has 5 heteroatoms. The fraction of sp³-hybridized carbons (Fsp3) is 0.273. The highest BCUT2D eigenvalue weighted by molar-refractivity contribution is 5.91. The molecule has 2 aromatic carbocycles. The number of hydrogen-bond acceptors (Lipinski definition) is 4. The highest BCUT2D eigenvalue weighted by Crippen LogP contribution is 2.27. The predicted octanol–water partition coefficient (Wildman–Crippen LogP) is 5.10. The Hall–Kier alpha value is -3.08. The lowest BCUT2D eigenvalue weighted by Crippen LogP contribution is -2.20. The minimum Gasteiger partial charge on any atom is -0.483 e. The molecule has 1 heterocycles. The zero-order chi connectivity index (χ0) is 19.4. The van der Waals surface area contributed by atoms with E-state index < -0.39 is 0 Å². The number of amides is 1. The topological polar surface area (TPSA) is 64.4 Å². The number of benzene rings is 2. The molecule has 0 aliphatic heterocycles. The molecule has 0 saturated heterocycles. The van der Waals surface area contributed by atoms with E-state index in [1.807, 2.05) is 56.3 Å². The average Bonchev–Trinajstić information content (AvgIpc) is 3.08. The molecule has 5 nitrogen and oxygen atoms in total. The maximum Gasteiger partial charge on any atom is 0.264 e. The molecule has 1 aromatic heterocycles. The van der Waals surface area contributed by atoms with Crippen molar-refractivity contribution in [3.63, 3.8) is 0 Å². The molecular weight excluding hydrogens is 340 g/mol. The molecule has 0 aliphatic carbocycles. The Morgan fingerprint density at radius 1 is 1.07 bits per heavy atom. The van der Waals surface area contributed by atoms with Crippen molar-refractivity contribution >= 4 is 11.8 Å². The van der Waals surface area contributed by atoms with Crippen molar-refractivity contribution in [3.05, 3.63) is 65.2 Å². The van der Waals surface area contributed by atoms with E-state index in [-0.39, 0.29) is 12.5 Å². The molecule has 0 spiro atoms. The van der Waals surface area contributed by atoms with E-state index in [1.54, 1.807) is 6.07 Å². The zero-order valence-electron chi connectivity index (χ0n) is 16.1. The molecule has 0 aliphatic rings. The summed E-state index contributed by atoms with van der Waals surface area (Å²) in [5, 5.41) is 6.69. The molecule has 0 saturated carbocycles. The van der Waals surface area contributed by atoms with Gasteiger partial charge < -0.3 is 9.26 Å². The molecule has 1 amide bonds. The molecule has 3 aromatic rings. The molecule has 0 fully saturated rings. The van der Waals surface area contributed by atoms with Gasteiger partial charge in [-0.05, 0) is 37.0 Å². The van der Waals surface area contributed by atoms with Crippen LogP contribution in [0.3, 0.4) is 0 Å². The number of anilines is 1. The first-order chi connectivity index (χ1) is 12.9. The minimum absolute atomic E-state index is 0.0935. The minimum atomic E-state index is -0.294. The van der Waals surface area contributed by atoms with Crippen LogP contribution < -0.4 is 10.1 Å². The number of nitrogens with one attached hydrogen (secondary N) is 1. The van der Waals surface area contributed by atoms with Gasteiger partial charge in [0.2, 0.25) is 5.88 Å². The summed E-state index contributed by atoms with van der Waals surface area (Å²) < 4.78 is 11.0. The van der Waals surface area contributed by atoms with Crippen molar-refractivity contribution in [1.29, 1.82) is 0 Å². The van der Waals surface area contributed by atoms with Crippen LogP contribution >= 0.6 is 0 Å². The first-order valence-electron chi connectivity index (χ1n) is 8.99. The summed E-state index contributed by atoms with van der Waals surface area (Å²) >= 11 is 0. The second-order valence-corrected chi connectivity index (χ2v) is 6.98. The van der Waals surface area contributed by atoms with E-state index in [2.05, 4.69) is 24.3 Å². The summed E-state index contributed by atoms with van der Waals surface area (Å²) in [7, 11) is 0. The molecule has 27 heavy (non-hydrogen) atoms. The van der Waals surface area contributed by atoms with E-state index in [9.17, 15) is 4.79 Å². The second-order valence-electron chi connectivity index (χ2n) is 6.98. The van der Waals surface area contributed by atoms with Gasteiger partial charge in [0.25, 0.3) is 5.91 Å². The number of aromatic nitrogens is 1. The van der Waals surface area contributed by atoms with Crippen molar-refractivity contribution in [2.75, 3.05) is 11.9 Å². The van der Waals surface area contributed by atoms with Crippen LogP contribution in [0.2, 0.25) is 0 Å². The molecule has 3 rings (SSSR count). The van der Waals surface area contributed by atoms with Crippen LogP contribution in [-0.2, 0) is 4.79 Å². The van der Waals surface area contributed by atoms with Gasteiger partial charge in [-0.3, -0.25) is 10.1 Å². The largest absolute Gasteiger partial charge is 0.483 e. The molecule has 140 valence electrons. The van der Waals surface area contributed by atoms with Crippen LogP contribution in [0.25, 0.3) is 11.3 Å². The number of rotatable bonds is 6. The Morgan fingerprint density at radius 2 is 1.78 bits per heavy atom. The van der Waals surface area contributed by atoms with Gasteiger partial charge in [0.05, 0.1) is 0 Å². The van der Waals surface area contributed by atoms with E-state index in [4.69, 9.17) is 9.26 Å². The van der Waals surface area contributed by atoms with E-state index in [0.29, 0.717) is 17.5 Å². The molecule has 0 radical (unpaired) electrons. The van der Waals surface area contributed by atoms with Crippen molar-refractivity contribution in [2.24, 2.45) is 0 Å². The van der Waals surface area contributed by atoms with Gasteiger partial charge in [-0.15, -0.1) is 0 Å². The van der Waals surface area contributed by atoms with Crippen molar-refractivity contribution in [2.45, 2.75) is 33.6 Å². The summed E-state index contributed by atoms with van der Waals surface area (Å²) in [5.74, 6) is 1.05. The first-order valence-corrected chi connectivity index (χ1v) is 8.99. The van der Waals surface area contributed by atoms with Gasteiger partial charge >= 0.3 is 0 Å². The maximum atomic E-state index is 12.2. The Kier molecular flexibility index (Phi) is 5.60. The molecular formula is C22H24N2O3. The number of ether oxygens (including phenoxy) is 1. The Balaban J connectivity index is 1.62. The summed E-state index contributed by atoms with van der Waals surface area (Å²) in [6, 6.07) is 15.7.